The average Bonchev–Trinajstić information content (AvgIpc) is 2.56. The minimum absolute atomic E-state index is 0.0943. The van der Waals surface area contributed by atoms with Crippen molar-refractivity contribution in [3.63, 3.8) is 0 Å². The molecule has 1 heterocycles. The minimum Gasteiger partial charge on any atom is -0.337 e. The molecule has 0 radical (unpaired) electrons. The molecular formula is C19H15F2N3OS. The van der Waals surface area contributed by atoms with Crippen LogP contribution in [0.2, 0.25) is 0 Å². The summed E-state index contributed by atoms with van der Waals surface area (Å²) in [6.45, 7) is 3.37. The van der Waals surface area contributed by atoms with Gasteiger partial charge in [0.15, 0.2) is 0 Å². The first-order chi connectivity index (χ1) is 12.4. The Kier molecular flexibility index (Phi) is 4.99. The van der Waals surface area contributed by atoms with Gasteiger partial charge in [0.05, 0.1) is 16.9 Å². The molecule has 4 nitrogen and oxygen atoms in total. The number of halogens is 2. The molecule has 0 unspecified atom stereocenters. The first kappa shape index (κ1) is 18.0. The summed E-state index contributed by atoms with van der Waals surface area (Å²) in [5.74, 6) is -0.358. The number of carbonyl (C=O) groups is 1. The number of thiol groups is 1. The van der Waals surface area contributed by atoms with Gasteiger partial charge in [0.25, 0.3) is 0 Å². The largest absolute Gasteiger partial charge is 0.337 e. The van der Waals surface area contributed by atoms with Crippen molar-refractivity contribution < 1.29 is 13.6 Å². The third-order valence-corrected chi connectivity index (χ3v) is 4.03. The molecular weight excluding hydrogens is 356 g/mol. The second kappa shape index (κ2) is 7.21. The van der Waals surface area contributed by atoms with Crippen LogP contribution in [0.4, 0.5) is 20.3 Å². The van der Waals surface area contributed by atoms with Crippen LogP contribution in [0.15, 0.2) is 42.5 Å². The zero-order chi connectivity index (χ0) is 18.8. The van der Waals surface area contributed by atoms with E-state index in [1.54, 1.807) is 32.0 Å². The Morgan fingerprint density at radius 2 is 1.81 bits per heavy atom. The van der Waals surface area contributed by atoms with Gasteiger partial charge in [0, 0.05) is 5.56 Å². The molecule has 132 valence electrons. The molecule has 2 aromatic carbocycles. The molecule has 0 amide bonds. The Morgan fingerprint density at radius 1 is 1.08 bits per heavy atom. The van der Waals surface area contributed by atoms with Crippen molar-refractivity contribution in [1.82, 2.24) is 9.97 Å². The Bertz CT molecular complexity index is 1010. The van der Waals surface area contributed by atoms with Crippen LogP contribution in [0.3, 0.4) is 0 Å². The monoisotopic (exact) mass is 371 g/mol. The van der Waals surface area contributed by atoms with Crippen molar-refractivity contribution >= 4 is 29.2 Å². The van der Waals surface area contributed by atoms with Crippen molar-refractivity contribution in [2.75, 3.05) is 5.32 Å². The summed E-state index contributed by atoms with van der Waals surface area (Å²) in [4.78, 5) is 20.8. The highest BCUT2D eigenvalue weighted by atomic mass is 32.1. The van der Waals surface area contributed by atoms with Gasteiger partial charge < -0.3 is 5.32 Å². The Morgan fingerprint density at radius 3 is 2.46 bits per heavy atom. The summed E-state index contributed by atoms with van der Waals surface area (Å²) < 4.78 is 27.4. The minimum atomic E-state index is -0.581. The van der Waals surface area contributed by atoms with Gasteiger partial charge in [0.1, 0.15) is 23.3 Å². The van der Waals surface area contributed by atoms with Gasteiger partial charge in [-0.25, -0.2) is 18.7 Å². The van der Waals surface area contributed by atoms with E-state index in [0.29, 0.717) is 22.6 Å². The number of nitrogens with one attached hydrogen (secondary N) is 1. The van der Waals surface area contributed by atoms with Gasteiger partial charge in [-0.2, -0.15) is 0 Å². The van der Waals surface area contributed by atoms with Gasteiger partial charge in [-0.05, 0) is 49.7 Å². The molecule has 1 aromatic heterocycles. The number of aryl methyl sites for hydroxylation is 2. The topological polar surface area (TPSA) is 54.9 Å². The molecule has 0 aliphatic carbocycles. The van der Waals surface area contributed by atoms with E-state index >= 15 is 0 Å². The van der Waals surface area contributed by atoms with Crippen LogP contribution in [-0.4, -0.2) is 15.1 Å². The van der Waals surface area contributed by atoms with Crippen LogP contribution in [-0.2, 0) is 0 Å². The van der Waals surface area contributed by atoms with E-state index in [1.165, 1.54) is 24.3 Å². The maximum Gasteiger partial charge on any atom is 0.222 e. The third-order valence-electron chi connectivity index (χ3n) is 3.81. The quantitative estimate of drug-likeness (QED) is 0.644. The zero-order valence-corrected chi connectivity index (χ0v) is 14.9. The van der Waals surface area contributed by atoms with E-state index in [4.69, 9.17) is 0 Å². The Hall–Kier alpha value is -2.80. The standard InChI is InChI=1S/C19H15F2N3OS/c1-10-9-12(20)7-8-13(10)17-16(19(25)26)18(23-11(2)22-17)24-15-6-4-3-5-14(15)21/h3-9H,1-2H3,(H,25,26)(H,22,23,24). The van der Waals surface area contributed by atoms with Gasteiger partial charge >= 0.3 is 0 Å². The number of para-hydroxylation sites is 1. The molecule has 0 aliphatic heterocycles. The molecule has 0 aliphatic rings. The number of hydrogen-bond donors (Lipinski definition) is 2. The average molecular weight is 371 g/mol. The Labute approximate surface area is 154 Å². The third kappa shape index (κ3) is 3.57. The molecule has 3 rings (SSSR count). The van der Waals surface area contributed by atoms with E-state index in [9.17, 15) is 13.6 Å². The molecule has 0 saturated heterocycles. The fourth-order valence-corrected chi connectivity index (χ4v) is 2.86. The predicted octanol–water partition coefficient (Wildman–Crippen LogP) is 4.85. The highest BCUT2D eigenvalue weighted by Gasteiger charge is 2.21. The van der Waals surface area contributed by atoms with Crippen molar-refractivity contribution in [1.29, 1.82) is 0 Å². The molecule has 26 heavy (non-hydrogen) atoms. The van der Waals surface area contributed by atoms with E-state index in [2.05, 4.69) is 27.9 Å². The number of anilines is 2. The molecule has 3 aromatic rings. The second-order valence-electron chi connectivity index (χ2n) is 5.71. The number of carbonyl (C=O) groups excluding carboxylic acids is 1. The van der Waals surface area contributed by atoms with Crippen LogP contribution < -0.4 is 5.32 Å². The lowest BCUT2D eigenvalue weighted by Crippen LogP contribution is -2.09. The summed E-state index contributed by atoms with van der Waals surface area (Å²) in [7, 11) is 0. The molecule has 0 bridgehead atoms. The van der Waals surface area contributed by atoms with Gasteiger partial charge in [0.2, 0.25) is 5.12 Å². The number of rotatable bonds is 4. The van der Waals surface area contributed by atoms with Crippen molar-refractivity contribution in [3.05, 3.63) is 71.1 Å². The normalized spacial score (nSPS) is 10.7. The predicted molar refractivity (Wildman–Crippen MR) is 99.9 cm³/mol. The fraction of sp³-hybridized carbons (Fsp3) is 0.105. The SMILES string of the molecule is Cc1nc(Nc2ccccc2F)c(C(=O)S)c(-c2ccc(F)cc2C)n1. The van der Waals surface area contributed by atoms with Crippen molar-refractivity contribution in [2.24, 2.45) is 0 Å². The van der Waals surface area contributed by atoms with Gasteiger partial charge in [-0.1, -0.05) is 12.1 Å². The lowest BCUT2D eigenvalue weighted by Gasteiger charge is -2.15. The summed E-state index contributed by atoms with van der Waals surface area (Å²) in [6, 6.07) is 10.2. The first-order valence-corrected chi connectivity index (χ1v) is 8.21. The maximum absolute atomic E-state index is 14.0. The van der Waals surface area contributed by atoms with Crippen LogP contribution in [0, 0.1) is 25.5 Å². The number of hydrogen-bond acceptors (Lipinski definition) is 4. The number of aromatic nitrogens is 2. The fourth-order valence-electron chi connectivity index (χ4n) is 2.64. The molecule has 0 fully saturated rings. The van der Waals surface area contributed by atoms with E-state index in [0.717, 1.165) is 0 Å². The maximum atomic E-state index is 14.0. The molecule has 0 spiro atoms. The molecule has 7 heteroatoms. The Balaban J connectivity index is 2.21. The lowest BCUT2D eigenvalue weighted by molar-refractivity contribution is 0.109. The van der Waals surface area contributed by atoms with Gasteiger partial charge in [-0.3, -0.25) is 4.79 Å². The summed E-state index contributed by atoms with van der Waals surface area (Å²) in [5, 5.41) is 2.25. The number of benzene rings is 2. The smallest absolute Gasteiger partial charge is 0.222 e. The van der Waals surface area contributed by atoms with Crippen LogP contribution >= 0.6 is 12.6 Å². The number of nitrogens with zero attached hydrogens (tertiary/aromatic N) is 2. The van der Waals surface area contributed by atoms with E-state index < -0.39 is 10.9 Å². The first-order valence-electron chi connectivity index (χ1n) is 7.77. The zero-order valence-electron chi connectivity index (χ0n) is 14.0. The second-order valence-corrected chi connectivity index (χ2v) is 6.12. The summed E-state index contributed by atoms with van der Waals surface area (Å²) in [6.07, 6.45) is 0. The lowest BCUT2D eigenvalue weighted by atomic mass is 10.0. The van der Waals surface area contributed by atoms with Gasteiger partial charge in [-0.15, -0.1) is 12.6 Å². The van der Waals surface area contributed by atoms with Crippen molar-refractivity contribution in [2.45, 2.75) is 13.8 Å². The molecule has 0 atom stereocenters. The van der Waals surface area contributed by atoms with E-state index in [1.807, 2.05) is 0 Å². The van der Waals surface area contributed by atoms with Crippen molar-refractivity contribution in [3.8, 4) is 11.3 Å². The molecule has 0 saturated carbocycles. The molecule has 1 N–H and O–H groups in total. The summed E-state index contributed by atoms with van der Waals surface area (Å²) in [5.41, 5.74) is 1.76. The van der Waals surface area contributed by atoms with Crippen LogP contribution in [0.5, 0.6) is 0 Å². The summed E-state index contributed by atoms with van der Waals surface area (Å²) >= 11 is 3.93. The highest BCUT2D eigenvalue weighted by molar-refractivity contribution is 7.97. The van der Waals surface area contributed by atoms with E-state index in [-0.39, 0.29) is 22.9 Å². The van der Waals surface area contributed by atoms with Crippen LogP contribution in [0.25, 0.3) is 11.3 Å². The van der Waals surface area contributed by atoms with Crippen LogP contribution in [0.1, 0.15) is 21.7 Å². The highest BCUT2D eigenvalue weighted by Crippen LogP contribution is 2.32.